The number of alkyl halides is 3. The van der Waals surface area contributed by atoms with E-state index in [0.29, 0.717) is 39.6 Å². The van der Waals surface area contributed by atoms with Gasteiger partial charge in [0.15, 0.2) is 0 Å². The van der Waals surface area contributed by atoms with E-state index in [-0.39, 0.29) is 60.1 Å². The van der Waals surface area contributed by atoms with Gasteiger partial charge in [0.25, 0.3) is 0 Å². The Hall–Kier alpha value is -5.82. The Morgan fingerprint density at radius 1 is 0.587 bits per heavy atom. The van der Waals surface area contributed by atoms with Gasteiger partial charge in [-0.05, 0) is 73.0 Å². The maximum atomic E-state index is 15.2. The second-order valence-corrected chi connectivity index (χ2v) is 15.0. The highest BCUT2D eigenvalue weighted by Crippen LogP contribution is 2.33. The fourth-order valence-corrected chi connectivity index (χ4v) is 6.23. The smallest absolute Gasteiger partial charge is 0.491 e. The first kappa shape index (κ1) is 46.7. The monoisotopic (exact) mass is 888 g/mol. The summed E-state index contributed by atoms with van der Waals surface area (Å²) in [6.07, 6.45) is -3.11. The molecule has 18 heteroatoms. The molecule has 63 heavy (non-hydrogen) atoms. The number of hydrogen-bond donors (Lipinski definition) is 0. The summed E-state index contributed by atoms with van der Waals surface area (Å²) in [6, 6.07) is 14.6. The molecule has 4 aromatic carbocycles. The Labute approximate surface area is 359 Å². The minimum atomic E-state index is -4.92. The average Bonchev–Trinajstić information content (AvgIpc) is 3.22. The molecule has 0 spiro atoms. The third kappa shape index (κ3) is 12.9. The molecule has 0 saturated carbocycles. The van der Waals surface area contributed by atoms with Crippen LogP contribution in [0.25, 0.3) is 0 Å². The summed E-state index contributed by atoms with van der Waals surface area (Å²) in [5, 5.41) is 0. The topological polar surface area (TPSA) is 144 Å². The minimum Gasteiger partial charge on any atom is -0.491 e. The van der Waals surface area contributed by atoms with Gasteiger partial charge >= 0.3 is 24.3 Å². The van der Waals surface area contributed by atoms with Crippen molar-refractivity contribution in [1.82, 2.24) is 0 Å². The molecule has 2 aliphatic rings. The van der Waals surface area contributed by atoms with Gasteiger partial charge in [0.05, 0.1) is 64.0 Å². The Morgan fingerprint density at radius 2 is 1.08 bits per heavy atom. The van der Waals surface area contributed by atoms with E-state index in [2.05, 4.69) is 18.6 Å². The highest BCUT2D eigenvalue weighted by Gasteiger charge is 2.38. The fourth-order valence-electron chi connectivity index (χ4n) is 6.23. The van der Waals surface area contributed by atoms with Crippen LogP contribution in [0, 0.1) is 22.5 Å². The first-order valence-corrected chi connectivity index (χ1v) is 20.0. The van der Waals surface area contributed by atoms with Crippen molar-refractivity contribution >= 4 is 17.9 Å². The molecule has 0 radical (unpaired) electrons. The molecule has 2 aliphatic heterocycles. The van der Waals surface area contributed by atoms with Crippen LogP contribution in [-0.2, 0) is 30.3 Å². The van der Waals surface area contributed by atoms with E-state index in [1.54, 1.807) is 0 Å². The van der Waals surface area contributed by atoms with Crippen molar-refractivity contribution in [3.05, 3.63) is 113 Å². The lowest BCUT2D eigenvalue weighted by Crippen LogP contribution is -2.45. The highest BCUT2D eigenvalue weighted by atomic mass is 19.4. The summed E-state index contributed by atoms with van der Waals surface area (Å²) >= 11 is 0. The van der Waals surface area contributed by atoms with Crippen LogP contribution in [0.1, 0.15) is 63.3 Å². The average molecular weight is 889 g/mol. The van der Waals surface area contributed by atoms with Gasteiger partial charge in [-0.25, -0.2) is 23.2 Å². The zero-order valence-electron chi connectivity index (χ0n) is 34.4. The van der Waals surface area contributed by atoms with E-state index in [4.69, 9.17) is 42.6 Å². The number of carbonyl (C=O) groups excluding carboxylic acids is 3. The molecule has 0 unspecified atom stereocenters. The molecule has 2 saturated heterocycles. The van der Waals surface area contributed by atoms with Gasteiger partial charge < -0.3 is 47.4 Å². The van der Waals surface area contributed by atoms with Gasteiger partial charge in [0.1, 0.15) is 65.8 Å². The maximum Gasteiger partial charge on any atom is 0.573 e. The van der Waals surface area contributed by atoms with Crippen LogP contribution in [-0.4, -0.2) is 90.3 Å². The molecule has 0 N–H and O–H groups in total. The number of hydrogen-bond acceptors (Lipinski definition) is 13. The molecule has 13 nitrogen and oxygen atoms in total. The number of esters is 3. The van der Waals surface area contributed by atoms with E-state index in [1.165, 1.54) is 24.3 Å². The van der Waals surface area contributed by atoms with Crippen LogP contribution in [0.3, 0.4) is 0 Å². The van der Waals surface area contributed by atoms with Crippen LogP contribution < -0.4 is 23.7 Å². The van der Waals surface area contributed by atoms with Crippen molar-refractivity contribution in [2.24, 2.45) is 10.8 Å². The largest absolute Gasteiger partial charge is 0.573 e. The lowest BCUT2D eigenvalue weighted by molar-refractivity contribution is -0.274. The number of rotatable bonds is 22. The van der Waals surface area contributed by atoms with Gasteiger partial charge in [0.2, 0.25) is 0 Å². The molecule has 0 bridgehead atoms. The molecule has 2 heterocycles. The number of halogens is 5. The second kappa shape index (κ2) is 21.0. The summed E-state index contributed by atoms with van der Waals surface area (Å²) in [5.74, 6) is -6.50. The zero-order valence-corrected chi connectivity index (χ0v) is 34.4. The molecule has 0 atom stereocenters. The van der Waals surface area contributed by atoms with Crippen molar-refractivity contribution in [2.75, 3.05) is 66.1 Å². The van der Waals surface area contributed by atoms with E-state index >= 15 is 8.78 Å². The van der Waals surface area contributed by atoms with Crippen LogP contribution in [0.15, 0.2) is 78.9 Å². The molecule has 6 rings (SSSR count). The summed E-state index contributed by atoms with van der Waals surface area (Å²) in [5.41, 5.74) is -1.24. The van der Waals surface area contributed by atoms with Crippen molar-refractivity contribution in [3.63, 3.8) is 0 Å². The highest BCUT2D eigenvalue weighted by molar-refractivity contribution is 5.97. The maximum absolute atomic E-state index is 15.2. The first-order chi connectivity index (χ1) is 30.2. The molecule has 338 valence electrons. The van der Waals surface area contributed by atoms with E-state index < -0.39 is 70.7 Å². The standard InChI is InChI=1S/C45H45F5O13/c1-3-43(25-56-26-43)23-54-15-17-58-31-9-12-34(37(46)20-31)41(52)61-33-11-14-39(36(19-33)40(51)60-22-29-5-7-30(8-6-29)63-45(48,49)50)62-42(53)35-13-10-32(21-38(35)47)59-18-16-55-24-44(4-2)27-57-28-44/h5-14,19-21H,3-4,15-18,22-28H2,1-2H3. The fraction of sp³-hybridized carbons (Fsp3) is 0.400. The van der Waals surface area contributed by atoms with Gasteiger partial charge in [-0.2, -0.15) is 0 Å². The van der Waals surface area contributed by atoms with E-state index in [1.807, 2.05) is 0 Å². The van der Waals surface area contributed by atoms with Gasteiger partial charge in [0, 0.05) is 23.0 Å². The molecular weight excluding hydrogens is 843 g/mol. The van der Waals surface area contributed by atoms with Crippen molar-refractivity contribution in [1.29, 1.82) is 0 Å². The Morgan fingerprint density at radius 3 is 1.54 bits per heavy atom. The SMILES string of the molecule is CCC1(COCCOc2ccc(C(=O)Oc3ccc(OC(=O)c4ccc(OCCOCC5(CC)COC5)cc4F)c(C(=O)OCc4ccc(OC(F)(F)F)cc4)c3)c(F)c2)COC1. The lowest BCUT2D eigenvalue weighted by atomic mass is 9.84. The molecule has 4 aromatic rings. The summed E-state index contributed by atoms with van der Waals surface area (Å²) in [4.78, 5) is 39.8. The predicted octanol–water partition coefficient (Wildman–Crippen LogP) is 8.30. The predicted molar refractivity (Wildman–Crippen MR) is 211 cm³/mol. The summed E-state index contributed by atoms with van der Waals surface area (Å²) in [6.45, 7) is 7.84. The second-order valence-electron chi connectivity index (χ2n) is 15.0. The molecule has 0 amide bonds. The third-order valence-corrected chi connectivity index (χ3v) is 10.4. The molecule has 2 fully saturated rings. The van der Waals surface area contributed by atoms with Crippen molar-refractivity contribution < 1.29 is 83.7 Å². The molecule has 0 aromatic heterocycles. The summed E-state index contributed by atoms with van der Waals surface area (Å²) in [7, 11) is 0. The Kier molecular flexibility index (Phi) is 15.6. The van der Waals surface area contributed by atoms with Gasteiger partial charge in [-0.3, -0.25) is 0 Å². The van der Waals surface area contributed by atoms with Crippen LogP contribution in [0.5, 0.6) is 28.7 Å². The van der Waals surface area contributed by atoms with Crippen molar-refractivity contribution in [3.8, 4) is 28.7 Å². The Balaban J connectivity index is 1.10. The van der Waals surface area contributed by atoms with Crippen LogP contribution in [0.2, 0.25) is 0 Å². The van der Waals surface area contributed by atoms with Crippen LogP contribution >= 0.6 is 0 Å². The zero-order chi connectivity index (χ0) is 45.0. The van der Waals surface area contributed by atoms with E-state index in [0.717, 1.165) is 67.4 Å². The summed E-state index contributed by atoms with van der Waals surface area (Å²) < 4.78 is 121. The number of carbonyl (C=O) groups is 3. The first-order valence-electron chi connectivity index (χ1n) is 20.0. The minimum absolute atomic E-state index is 0.00292. The molecule has 0 aliphatic carbocycles. The van der Waals surface area contributed by atoms with Gasteiger partial charge in [-0.15, -0.1) is 13.2 Å². The van der Waals surface area contributed by atoms with Gasteiger partial charge in [-0.1, -0.05) is 26.0 Å². The third-order valence-electron chi connectivity index (χ3n) is 10.4. The number of ether oxygens (including phenoxy) is 10. The Bertz CT molecular complexity index is 2190. The van der Waals surface area contributed by atoms with E-state index in [9.17, 15) is 27.6 Å². The quantitative estimate of drug-likeness (QED) is 0.0323. The molecular formula is C45H45F5O13. The number of benzene rings is 4. The van der Waals surface area contributed by atoms with Crippen LogP contribution in [0.4, 0.5) is 22.0 Å². The normalized spacial score (nSPS) is 15.0. The van der Waals surface area contributed by atoms with Crippen molar-refractivity contribution in [2.45, 2.75) is 39.7 Å². The lowest BCUT2D eigenvalue weighted by Gasteiger charge is -2.40.